The number of halogens is 1. The number of nitrogens with zero attached hydrogens (tertiary/aromatic N) is 4. The van der Waals surface area contributed by atoms with Gasteiger partial charge in [0.1, 0.15) is 6.10 Å². The summed E-state index contributed by atoms with van der Waals surface area (Å²) >= 11 is 7.43. The van der Waals surface area contributed by atoms with Crippen LogP contribution in [0.2, 0.25) is 4.34 Å². The Morgan fingerprint density at radius 1 is 1.34 bits per heavy atom. The number of carbonyl (C=O) groups excluding carboxylic acids is 1. The summed E-state index contributed by atoms with van der Waals surface area (Å²) < 4.78 is 32.2. The van der Waals surface area contributed by atoms with Crippen LogP contribution in [-0.4, -0.2) is 40.7 Å². The number of nitrogens with one attached hydrogen (secondary N) is 2. The number of anilines is 2. The molecule has 0 spiro atoms. The largest absolute Gasteiger partial charge is 0.441 e. The van der Waals surface area contributed by atoms with Crippen molar-refractivity contribution >= 4 is 50.6 Å². The molecule has 3 aromatic rings. The molecule has 0 saturated carbocycles. The molecule has 0 aromatic carbocycles. The van der Waals surface area contributed by atoms with E-state index in [4.69, 9.17) is 16.3 Å². The third-order valence-electron chi connectivity index (χ3n) is 3.72. The SMILES string of the molecule is C[C@@H](OC(=O)Nc1c(-c2ccc(NS(C)(=O)=O)cn2)nnn1C)c1ccsc1Cl. The van der Waals surface area contributed by atoms with Crippen molar-refractivity contribution in [1.82, 2.24) is 20.0 Å². The van der Waals surface area contributed by atoms with Crippen LogP contribution < -0.4 is 10.0 Å². The Morgan fingerprint density at radius 2 is 2.10 bits per heavy atom. The van der Waals surface area contributed by atoms with Crippen molar-refractivity contribution < 1.29 is 17.9 Å². The molecule has 1 atom stereocenters. The van der Waals surface area contributed by atoms with Crippen molar-refractivity contribution in [3.63, 3.8) is 0 Å². The van der Waals surface area contributed by atoms with Gasteiger partial charge in [0.05, 0.1) is 28.2 Å². The maximum atomic E-state index is 12.3. The third kappa shape index (κ3) is 5.22. The summed E-state index contributed by atoms with van der Waals surface area (Å²) in [6.07, 6.45) is 1.13. The lowest BCUT2D eigenvalue weighted by molar-refractivity contribution is 0.121. The number of hydrogen-bond donors (Lipinski definition) is 2. The van der Waals surface area contributed by atoms with Gasteiger partial charge in [-0.1, -0.05) is 16.8 Å². The topological polar surface area (TPSA) is 128 Å². The van der Waals surface area contributed by atoms with Crippen molar-refractivity contribution in [2.24, 2.45) is 7.05 Å². The van der Waals surface area contributed by atoms with E-state index in [0.717, 1.165) is 6.26 Å². The standard InChI is InChI=1S/C16H17ClN6O4S2/c1-9(11-6-7-28-14(11)17)27-16(24)19-15-13(20-22-23(15)2)12-5-4-10(8-18-12)21-29(3,25)26/h4-9,21H,1-3H3,(H,19,24)/t9-/m1/s1. The fourth-order valence-electron chi connectivity index (χ4n) is 2.42. The van der Waals surface area contributed by atoms with Gasteiger partial charge in [-0.3, -0.25) is 15.0 Å². The van der Waals surface area contributed by atoms with Crippen LogP contribution in [0.1, 0.15) is 18.6 Å². The highest BCUT2D eigenvalue weighted by Crippen LogP contribution is 2.31. The van der Waals surface area contributed by atoms with Crippen LogP contribution in [0, 0.1) is 0 Å². The molecular formula is C16H17ClN6O4S2. The van der Waals surface area contributed by atoms with Crippen molar-refractivity contribution in [2.45, 2.75) is 13.0 Å². The molecule has 2 N–H and O–H groups in total. The number of thiophene rings is 1. The highest BCUT2D eigenvalue weighted by Gasteiger charge is 2.20. The summed E-state index contributed by atoms with van der Waals surface area (Å²) in [5.41, 5.74) is 1.71. The average Bonchev–Trinajstić information content (AvgIpc) is 3.21. The van der Waals surface area contributed by atoms with Gasteiger partial charge in [-0.25, -0.2) is 17.9 Å². The van der Waals surface area contributed by atoms with Gasteiger partial charge in [0, 0.05) is 12.6 Å². The molecule has 3 rings (SSSR count). The smallest absolute Gasteiger partial charge is 0.413 e. The number of aromatic nitrogens is 4. The Bertz CT molecular complexity index is 1130. The molecular weight excluding hydrogens is 440 g/mol. The zero-order chi connectivity index (χ0) is 21.2. The zero-order valence-corrected chi connectivity index (χ0v) is 18.0. The van der Waals surface area contributed by atoms with Crippen molar-refractivity contribution in [3.05, 3.63) is 39.7 Å². The molecule has 1 amide bonds. The van der Waals surface area contributed by atoms with E-state index in [1.807, 2.05) is 5.38 Å². The molecule has 3 heterocycles. The van der Waals surface area contributed by atoms with Gasteiger partial charge in [0.25, 0.3) is 0 Å². The van der Waals surface area contributed by atoms with Gasteiger partial charge in [-0.15, -0.1) is 16.4 Å². The second-order valence-electron chi connectivity index (χ2n) is 6.04. The van der Waals surface area contributed by atoms with E-state index in [1.165, 1.54) is 28.3 Å². The summed E-state index contributed by atoms with van der Waals surface area (Å²) in [7, 11) is -1.81. The Balaban J connectivity index is 1.76. The Kier molecular flexibility index (Phi) is 6.05. The number of sulfonamides is 1. The molecule has 0 bridgehead atoms. The molecule has 10 nitrogen and oxygen atoms in total. The quantitative estimate of drug-likeness (QED) is 0.582. The van der Waals surface area contributed by atoms with E-state index in [2.05, 4.69) is 25.3 Å². The second-order valence-corrected chi connectivity index (χ2v) is 9.31. The number of pyridine rings is 1. The van der Waals surface area contributed by atoms with Gasteiger partial charge in [0.2, 0.25) is 10.0 Å². The molecule has 0 aliphatic rings. The molecule has 0 saturated heterocycles. The first-order chi connectivity index (χ1) is 13.6. The van der Waals surface area contributed by atoms with E-state index in [1.54, 1.807) is 26.1 Å². The fourth-order valence-corrected chi connectivity index (χ4v) is 4.05. The maximum Gasteiger partial charge on any atom is 0.413 e. The predicted octanol–water partition coefficient (Wildman–Crippen LogP) is 3.27. The fraction of sp³-hybridized carbons (Fsp3) is 0.250. The third-order valence-corrected chi connectivity index (χ3v) is 5.53. The first-order valence-electron chi connectivity index (χ1n) is 8.18. The molecule has 0 radical (unpaired) electrons. The van der Waals surface area contributed by atoms with E-state index in [0.29, 0.717) is 27.0 Å². The predicted molar refractivity (Wildman–Crippen MR) is 111 cm³/mol. The number of rotatable bonds is 6. The Labute approximate surface area is 175 Å². The monoisotopic (exact) mass is 456 g/mol. The van der Waals surface area contributed by atoms with Crippen LogP contribution in [0.3, 0.4) is 0 Å². The van der Waals surface area contributed by atoms with Crippen LogP contribution in [0.15, 0.2) is 29.8 Å². The number of carbonyl (C=O) groups is 1. The van der Waals surface area contributed by atoms with Gasteiger partial charge in [-0.2, -0.15) is 0 Å². The first kappa shape index (κ1) is 21.0. The Hall–Kier alpha value is -2.70. The van der Waals surface area contributed by atoms with Crippen molar-refractivity contribution in [2.75, 3.05) is 16.3 Å². The van der Waals surface area contributed by atoms with E-state index in [9.17, 15) is 13.2 Å². The lowest BCUT2D eigenvalue weighted by Crippen LogP contribution is -2.18. The van der Waals surface area contributed by atoms with E-state index in [-0.39, 0.29) is 5.82 Å². The number of aryl methyl sites for hydroxylation is 1. The van der Waals surface area contributed by atoms with Crippen LogP contribution in [0.25, 0.3) is 11.4 Å². The summed E-state index contributed by atoms with van der Waals surface area (Å²) in [5, 5.41) is 12.3. The second kappa shape index (κ2) is 8.35. The van der Waals surface area contributed by atoms with Crippen LogP contribution >= 0.6 is 22.9 Å². The highest BCUT2D eigenvalue weighted by molar-refractivity contribution is 7.92. The molecule has 0 unspecified atom stereocenters. The molecule has 13 heteroatoms. The summed E-state index contributed by atoms with van der Waals surface area (Å²) in [6.45, 7) is 1.71. The zero-order valence-electron chi connectivity index (χ0n) is 15.6. The summed E-state index contributed by atoms with van der Waals surface area (Å²) in [4.78, 5) is 16.5. The Morgan fingerprint density at radius 3 is 2.69 bits per heavy atom. The lowest BCUT2D eigenvalue weighted by Gasteiger charge is -2.14. The highest BCUT2D eigenvalue weighted by atomic mass is 35.5. The number of hydrogen-bond acceptors (Lipinski definition) is 8. The van der Waals surface area contributed by atoms with Crippen LogP contribution in [-0.2, 0) is 21.8 Å². The van der Waals surface area contributed by atoms with E-state index >= 15 is 0 Å². The molecule has 3 aromatic heterocycles. The number of amides is 1. The molecule has 0 aliphatic carbocycles. The van der Waals surface area contributed by atoms with Crippen LogP contribution in [0.5, 0.6) is 0 Å². The first-order valence-corrected chi connectivity index (χ1v) is 11.3. The van der Waals surface area contributed by atoms with Crippen molar-refractivity contribution in [1.29, 1.82) is 0 Å². The lowest BCUT2D eigenvalue weighted by atomic mass is 10.2. The normalized spacial score (nSPS) is 12.4. The molecule has 154 valence electrons. The minimum atomic E-state index is -3.41. The molecule has 0 fully saturated rings. The van der Waals surface area contributed by atoms with Gasteiger partial charge in [-0.05, 0) is 30.5 Å². The average molecular weight is 457 g/mol. The molecule has 0 aliphatic heterocycles. The summed E-state index contributed by atoms with van der Waals surface area (Å²) in [6, 6.07) is 4.88. The number of ether oxygens (including phenoxy) is 1. The van der Waals surface area contributed by atoms with E-state index < -0.39 is 22.2 Å². The maximum absolute atomic E-state index is 12.3. The minimum Gasteiger partial charge on any atom is -0.441 e. The van der Waals surface area contributed by atoms with Gasteiger partial charge in [0.15, 0.2) is 11.5 Å². The summed E-state index contributed by atoms with van der Waals surface area (Å²) in [5.74, 6) is 0.273. The molecule has 29 heavy (non-hydrogen) atoms. The van der Waals surface area contributed by atoms with Gasteiger partial charge >= 0.3 is 6.09 Å². The van der Waals surface area contributed by atoms with Crippen molar-refractivity contribution in [3.8, 4) is 11.4 Å². The minimum absolute atomic E-state index is 0.273. The van der Waals surface area contributed by atoms with Crippen LogP contribution in [0.4, 0.5) is 16.3 Å². The van der Waals surface area contributed by atoms with Gasteiger partial charge < -0.3 is 4.74 Å².